The molecule has 3 aromatic rings. The van der Waals surface area contributed by atoms with Gasteiger partial charge in [-0.2, -0.15) is 0 Å². The molecule has 1 aromatic carbocycles. The summed E-state index contributed by atoms with van der Waals surface area (Å²) in [6.07, 6.45) is 4.53. The minimum absolute atomic E-state index is 0.177. The van der Waals surface area contributed by atoms with Gasteiger partial charge in [-0.25, -0.2) is 18.2 Å². The van der Waals surface area contributed by atoms with E-state index in [4.69, 9.17) is 0 Å². The molecule has 29 heavy (non-hydrogen) atoms. The average Bonchev–Trinajstić information content (AvgIpc) is 2.71. The first-order chi connectivity index (χ1) is 13.9. The molecule has 0 spiro atoms. The Morgan fingerprint density at radius 1 is 1.10 bits per heavy atom. The van der Waals surface area contributed by atoms with Crippen molar-refractivity contribution in [3.8, 4) is 0 Å². The highest BCUT2D eigenvalue weighted by molar-refractivity contribution is 7.98. The van der Waals surface area contributed by atoms with Gasteiger partial charge in [0.2, 0.25) is 0 Å². The maximum Gasteiger partial charge on any atom is 0.258 e. The molecule has 2 heterocycles. The summed E-state index contributed by atoms with van der Waals surface area (Å²) in [5, 5.41) is 2.98. The Morgan fingerprint density at radius 3 is 2.52 bits per heavy atom. The topological polar surface area (TPSA) is 58.1 Å². The predicted molar refractivity (Wildman–Crippen MR) is 107 cm³/mol. The van der Waals surface area contributed by atoms with Crippen LogP contribution in [-0.4, -0.2) is 30.0 Å². The summed E-state index contributed by atoms with van der Waals surface area (Å²) in [7, 11) is 2.99. The fourth-order valence-electron chi connectivity index (χ4n) is 2.53. The Labute approximate surface area is 170 Å². The molecule has 0 aliphatic carbocycles. The van der Waals surface area contributed by atoms with Crippen molar-refractivity contribution >= 4 is 29.0 Å². The van der Waals surface area contributed by atoms with Crippen LogP contribution in [0.3, 0.4) is 0 Å². The van der Waals surface area contributed by atoms with Gasteiger partial charge < -0.3 is 10.2 Å². The molecule has 5 nitrogen and oxygen atoms in total. The second-order valence-electron chi connectivity index (χ2n) is 6.21. The normalized spacial score (nSPS) is 10.7. The zero-order valence-electron chi connectivity index (χ0n) is 15.6. The van der Waals surface area contributed by atoms with E-state index in [1.54, 1.807) is 24.3 Å². The summed E-state index contributed by atoms with van der Waals surface area (Å²) in [6.45, 7) is 0. The number of rotatable bonds is 6. The number of benzene rings is 1. The second-order valence-corrected chi connectivity index (χ2v) is 7.18. The van der Waals surface area contributed by atoms with Gasteiger partial charge in [-0.05, 0) is 24.3 Å². The Kier molecular flexibility index (Phi) is 6.38. The lowest BCUT2D eigenvalue weighted by molar-refractivity contribution is 0.102. The first-order valence-electron chi connectivity index (χ1n) is 8.51. The van der Waals surface area contributed by atoms with Gasteiger partial charge in [-0.3, -0.25) is 9.78 Å². The SMILES string of the molecule is CN(C)c1cc(F)c(CSc2ncccc2C(=O)Nc2ccncc2)c(F)c1F. The van der Waals surface area contributed by atoms with E-state index in [9.17, 15) is 18.0 Å². The van der Waals surface area contributed by atoms with Crippen molar-refractivity contribution in [2.45, 2.75) is 10.8 Å². The molecule has 0 aliphatic heterocycles. The number of hydrogen-bond acceptors (Lipinski definition) is 5. The number of hydrogen-bond donors (Lipinski definition) is 1. The van der Waals surface area contributed by atoms with Crippen LogP contribution in [0.15, 0.2) is 53.9 Å². The van der Waals surface area contributed by atoms with E-state index in [0.717, 1.165) is 17.8 Å². The smallest absolute Gasteiger partial charge is 0.258 e. The summed E-state index contributed by atoms with van der Waals surface area (Å²) in [5.41, 5.74) is 0.192. The van der Waals surface area contributed by atoms with Crippen LogP contribution in [0, 0.1) is 17.5 Å². The van der Waals surface area contributed by atoms with E-state index in [-0.39, 0.29) is 22.0 Å². The molecule has 9 heteroatoms. The molecule has 3 rings (SSSR count). The van der Waals surface area contributed by atoms with Crippen LogP contribution in [0.4, 0.5) is 24.5 Å². The van der Waals surface area contributed by atoms with Gasteiger partial charge in [-0.15, -0.1) is 11.8 Å². The fourth-order valence-corrected chi connectivity index (χ4v) is 3.53. The molecule has 0 aliphatic rings. The molecule has 0 unspecified atom stereocenters. The Hall–Kier alpha value is -3.07. The molecule has 0 radical (unpaired) electrons. The van der Waals surface area contributed by atoms with Crippen molar-refractivity contribution in [3.05, 3.63) is 77.5 Å². The molecule has 1 amide bonds. The van der Waals surface area contributed by atoms with Crippen molar-refractivity contribution in [1.29, 1.82) is 0 Å². The average molecular weight is 418 g/mol. The van der Waals surface area contributed by atoms with E-state index in [0.29, 0.717) is 5.69 Å². The number of anilines is 2. The van der Waals surface area contributed by atoms with Gasteiger partial charge in [0.1, 0.15) is 10.8 Å². The molecule has 1 N–H and O–H groups in total. The lowest BCUT2D eigenvalue weighted by atomic mass is 10.2. The number of nitrogens with zero attached hydrogens (tertiary/aromatic N) is 3. The first kappa shape index (κ1) is 20.7. The van der Waals surface area contributed by atoms with Gasteiger partial charge in [-0.1, -0.05) is 0 Å². The maximum atomic E-state index is 14.4. The van der Waals surface area contributed by atoms with Gasteiger partial charge in [0, 0.05) is 55.8 Å². The lowest BCUT2D eigenvalue weighted by Crippen LogP contribution is -2.14. The lowest BCUT2D eigenvalue weighted by Gasteiger charge is -2.16. The Balaban J connectivity index is 1.82. The maximum absolute atomic E-state index is 14.4. The molecule has 0 saturated carbocycles. The third-order valence-electron chi connectivity index (χ3n) is 4.02. The van der Waals surface area contributed by atoms with Crippen LogP contribution >= 0.6 is 11.8 Å². The summed E-state index contributed by atoms with van der Waals surface area (Å²) in [6, 6.07) is 7.33. The number of carbonyl (C=O) groups excluding carboxylic acids is 1. The summed E-state index contributed by atoms with van der Waals surface area (Å²) < 4.78 is 42.9. The second kappa shape index (κ2) is 8.95. The molecule has 150 valence electrons. The van der Waals surface area contributed by atoms with Crippen LogP contribution in [0.2, 0.25) is 0 Å². The number of amides is 1. The van der Waals surface area contributed by atoms with E-state index in [1.807, 2.05) is 0 Å². The molecule has 0 atom stereocenters. The summed E-state index contributed by atoms with van der Waals surface area (Å²) in [5.74, 6) is -3.89. The van der Waals surface area contributed by atoms with Crippen molar-refractivity contribution in [1.82, 2.24) is 9.97 Å². The zero-order valence-corrected chi connectivity index (χ0v) is 16.4. The van der Waals surface area contributed by atoms with Gasteiger partial charge in [0.25, 0.3) is 5.91 Å². The highest BCUT2D eigenvalue weighted by atomic mass is 32.2. The number of aromatic nitrogens is 2. The monoisotopic (exact) mass is 418 g/mol. The highest BCUT2D eigenvalue weighted by Crippen LogP contribution is 2.31. The van der Waals surface area contributed by atoms with E-state index in [2.05, 4.69) is 15.3 Å². The predicted octanol–water partition coefficient (Wildman–Crippen LogP) is 4.50. The Morgan fingerprint density at radius 2 is 1.83 bits per heavy atom. The third-order valence-corrected chi connectivity index (χ3v) is 5.06. The highest BCUT2D eigenvalue weighted by Gasteiger charge is 2.21. The summed E-state index contributed by atoms with van der Waals surface area (Å²) in [4.78, 5) is 21.8. The van der Waals surface area contributed by atoms with Gasteiger partial charge in [0.15, 0.2) is 11.6 Å². The van der Waals surface area contributed by atoms with Crippen molar-refractivity contribution in [2.75, 3.05) is 24.3 Å². The number of thioether (sulfide) groups is 1. The van der Waals surface area contributed by atoms with Crippen LogP contribution in [0.5, 0.6) is 0 Å². The molecule has 2 aromatic heterocycles. The third kappa shape index (κ3) is 4.68. The largest absolute Gasteiger partial charge is 0.375 e. The van der Waals surface area contributed by atoms with E-state index < -0.39 is 28.9 Å². The number of pyridine rings is 2. The number of halogens is 3. The quantitative estimate of drug-likeness (QED) is 0.472. The standard InChI is InChI=1S/C20H17F3N4OS/c1-27(2)16-10-15(21)14(17(22)18(16)23)11-29-20-13(4-3-7-25-20)19(28)26-12-5-8-24-9-6-12/h3-10H,11H2,1-2H3,(H,24,26,28). The molecular formula is C20H17F3N4OS. The summed E-state index contributed by atoms with van der Waals surface area (Å²) >= 11 is 0.946. The van der Waals surface area contributed by atoms with Crippen molar-refractivity contribution < 1.29 is 18.0 Å². The number of carbonyl (C=O) groups is 1. The Bertz CT molecular complexity index is 1030. The van der Waals surface area contributed by atoms with Crippen LogP contribution in [-0.2, 0) is 5.75 Å². The minimum atomic E-state index is -1.25. The molecule has 0 bridgehead atoms. The first-order valence-corrected chi connectivity index (χ1v) is 9.50. The van der Waals surface area contributed by atoms with Gasteiger partial charge in [0.05, 0.1) is 11.3 Å². The fraction of sp³-hybridized carbons (Fsp3) is 0.150. The van der Waals surface area contributed by atoms with Crippen molar-refractivity contribution in [3.63, 3.8) is 0 Å². The number of nitrogens with one attached hydrogen (secondary N) is 1. The van der Waals surface area contributed by atoms with Crippen LogP contribution in [0.25, 0.3) is 0 Å². The minimum Gasteiger partial charge on any atom is -0.375 e. The van der Waals surface area contributed by atoms with E-state index >= 15 is 0 Å². The van der Waals surface area contributed by atoms with Crippen molar-refractivity contribution in [2.24, 2.45) is 0 Å². The van der Waals surface area contributed by atoms with Gasteiger partial charge >= 0.3 is 0 Å². The zero-order chi connectivity index (χ0) is 21.0. The molecule has 0 saturated heterocycles. The molecular weight excluding hydrogens is 401 g/mol. The molecule has 0 fully saturated rings. The van der Waals surface area contributed by atoms with Crippen LogP contribution in [0.1, 0.15) is 15.9 Å². The van der Waals surface area contributed by atoms with E-state index in [1.165, 1.54) is 37.6 Å². The van der Waals surface area contributed by atoms with Crippen LogP contribution < -0.4 is 10.2 Å².